The van der Waals surface area contributed by atoms with Crippen LogP contribution in [0.15, 0.2) is 12.3 Å². The van der Waals surface area contributed by atoms with Crippen LogP contribution in [0.3, 0.4) is 0 Å². The normalized spacial score (nSPS) is 36.8. The molecular formula is C10H12N3. The molecule has 3 aliphatic rings. The van der Waals surface area contributed by atoms with Gasteiger partial charge in [-0.3, -0.25) is 0 Å². The minimum atomic E-state index is 0.322. The Labute approximate surface area is 77.6 Å². The SMILES string of the molecule is [c]1nccc(C23CNCC(C2)C3)n1. The highest BCUT2D eigenvalue weighted by Gasteiger charge is 2.48. The zero-order chi connectivity index (χ0) is 8.73. The Hall–Kier alpha value is -0.960. The summed E-state index contributed by atoms with van der Waals surface area (Å²) >= 11 is 0. The molecule has 1 aromatic heterocycles. The van der Waals surface area contributed by atoms with E-state index in [1.54, 1.807) is 6.20 Å². The van der Waals surface area contributed by atoms with Crippen molar-refractivity contribution in [2.75, 3.05) is 13.1 Å². The van der Waals surface area contributed by atoms with Crippen molar-refractivity contribution in [3.63, 3.8) is 0 Å². The van der Waals surface area contributed by atoms with Crippen LogP contribution in [0.2, 0.25) is 0 Å². The van der Waals surface area contributed by atoms with Crippen LogP contribution >= 0.6 is 0 Å². The van der Waals surface area contributed by atoms with Crippen LogP contribution in [0, 0.1) is 12.2 Å². The Morgan fingerprint density at radius 2 is 2.46 bits per heavy atom. The first-order valence-corrected chi connectivity index (χ1v) is 4.79. The van der Waals surface area contributed by atoms with E-state index in [4.69, 9.17) is 0 Å². The highest BCUT2D eigenvalue weighted by Crippen LogP contribution is 2.48. The molecule has 3 heteroatoms. The molecule has 0 aromatic carbocycles. The molecule has 3 fully saturated rings. The maximum atomic E-state index is 4.24. The minimum Gasteiger partial charge on any atom is -0.316 e. The van der Waals surface area contributed by atoms with Gasteiger partial charge in [-0.25, -0.2) is 9.97 Å². The summed E-state index contributed by atoms with van der Waals surface area (Å²) in [7, 11) is 0. The van der Waals surface area contributed by atoms with Crippen molar-refractivity contribution in [3.8, 4) is 0 Å². The summed E-state index contributed by atoms with van der Waals surface area (Å²) in [6.45, 7) is 2.27. The molecule has 1 aliphatic carbocycles. The quantitative estimate of drug-likeness (QED) is 0.674. The van der Waals surface area contributed by atoms with Gasteiger partial charge in [0.05, 0.1) is 5.69 Å². The third-order valence-corrected chi connectivity index (χ3v) is 3.33. The van der Waals surface area contributed by atoms with Crippen LogP contribution in [-0.4, -0.2) is 23.1 Å². The maximum Gasteiger partial charge on any atom is 0.197 e. The average Bonchev–Trinajstić information content (AvgIpc) is 2.19. The molecule has 0 unspecified atom stereocenters. The molecule has 3 nitrogen and oxygen atoms in total. The molecule has 1 radical (unpaired) electrons. The van der Waals surface area contributed by atoms with Gasteiger partial charge in [-0.05, 0) is 31.4 Å². The molecular weight excluding hydrogens is 162 g/mol. The number of nitrogens with one attached hydrogen (secondary N) is 1. The predicted molar refractivity (Wildman–Crippen MR) is 48.1 cm³/mol. The van der Waals surface area contributed by atoms with Gasteiger partial charge in [0.2, 0.25) is 0 Å². The summed E-state index contributed by atoms with van der Waals surface area (Å²) in [5.74, 6) is 0.878. The zero-order valence-corrected chi connectivity index (χ0v) is 7.45. The molecule has 4 rings (SSSR count). The molecule has 1 N–H and O–H groups in total. The van der Waals surface area contributed by atoms with Crippen molar-refractivity contribution < 1.29 is 0 Å². The lowest BCUT2D eigenvalue weighted by atomic mass is 9.58. The van der Waals surface area contributed by atoms with Crippen molar-refractivity contribution in [2.24, 2.45) is 5.92 Å². The molecule has 0 atom stereocenters. The minimum absolute atomic E-state index is 0.322. The highest BCUT2D eigenvalue weighted by molar-refractivity contribution is 5.23. The van der Waals surface area contributed by atoms with Crippen molar-refractivity contribution in [1.82, 2.24) is 15.3 Å². The van der Waals surface area contributed by atoms with E-state index >= 15 is 0 Å². The van der Waals surface area contributed by atoms with E-state index < -0.39 is 0 Å². The highest BCUT2D eigenvalue weighted by atomic mass is 15.0. The van der Waals surface area contributed by atoms with Gasteiger partial charge in [0.25, 0.3) is 0 Å². The van der Waals surface area contributed by atoms with Gasteiger partial charge in [-0.2, -0.15) is 0 Å². The first kappa shape index (κ1) is 7.44. The third-order valence-electron chi connectivity index (χ3n) is 3.33. The lowest BCUT2D eigenvalue weighted by Crippen LogP contribution is -2.57. The Morgan fingerprint density at radius 3 is 3.08 bits per heavy atom. The molecule has 3 heterocycles. The van der Waals surface area contributed by atoms with E-state index in [0.717, 1.165) is 12.5 Å². The number of hydrogen-bond donors (Lipinski definition) is 1. The van der Waals surface area contributed by atoms with Crippen molar-refractivity contribution >= 4 is 0 Å². The van der Waals surface area contributed by atoms with Gasteiger partial charge in [-0.15, -0.1) is 0 Å². The fourth-order valence-electron chi connectivity index (χ4n) is 2.71. The first-order chi connectivity index (χ1) is 6.39. The molecule has 13 heavy (non-hydrogen) atoms. The van der Waals surface area contributed by atoms with Crippen molar-refractivity contribution in [2.45, 2.75) is 18.3 Å². The Balaban J connectivity index is 1.93. The van der Waals surface area contributed by atoms with E-state index in [2.05, 4.69) is 21.6 Å². The van der Waals surface area contributed by atoms with E-state index in [0.29, 0.717) is 5.41 Å². The zero-order valence-electron chi connectivity index (χ0n) is 7.45. The number of hydrogen-bond acceptors (Lipinski definition) is 3. The third kappa shape index (κ3) is 1.000. The number of fused-ring (bicyclic) bond motifs is 2. The van der Waals surface area contributed by atoms with Gasteiger partial charge in [0, 0.05) is 18.2 Å². The van der Waals surface area contributed by atoms with Crippen LogP contribution < -0.4 is 5.32 Å². The molecule has 0 spiro atoms. The fraction of sp³-hybridized carbons (Fsp3) is 0.600. The number of rotatable bonds is 1. The van der Waals surface area contributed by atoms with Crippen LogP contribution in [-0.2, 0) is 5.41 Å². The maximum absolute atomic E-state index is 4.24. The molecule has 1 saturated carbocycles. The van der Waals surface area contributed by atoms with Crippen LogP contribution in [0.5, 0.6) is 0 Å². The molecule has 67 valence electrons. The first-order valence-electron chi connectivity index (χ1n) is 4.79. The number of aromatic nitrogens is 2. The van der Waals surface area contributed by atoms with Crippen molar-refractivity contribution in [3.05, 3.63) is 24.3 Å². The second-order valence-corrected chi connectivity index (χ2v) is 4.23. The lowest BCUT2D eigenvalue weighted by Gasteiger charge is -2.52. The number of nitrogens with zero attached hydrogens (tertiary/aromatic N) is 2. The summed E-state index contributed by atoms with van der Waals surface area (Å²) in [6, 6.07) is 2.03. The Bertz CT molecular complexity index is 298. The van der Waals surface area contributed by atoms with Gasteiger partial charge in [0.1, 0.15) is 0 Å². The van der Waals surface area contributed by atoms with E-state index in [1.807, 2.05) is 6.07 Å². The molecule has 2 saturated heterocycles. The van der Waals surface area contributed by atoms with Gasteiger partial charge in [0.15, 0.2) is 6.33 Å². The van der Waals surface area contributed by atoms with E-state index in [1.165, 1.54) is 25.1 Å². The summed E-state index contributed by atoms with van der Waals surface area (Å²) in [6.07, 6.45) is 7.06. The van der Waals surface area contributed by atoms with Crippen LogP contribution in [0.1, 0.15) is 18.5 Å². The van der Waals surface area contributed by atoms with Gasteiger partial charge in [-0.1, -0.05) is 0 Å². The summed E-state index contributed by atoms with van der Waals surface area (Å²) in [5.41, 5.74) is 1.49. The molecule has 2 bridgehead atoms. The van der Waals surface area contributed by atoms with Gasteiger partial charge < -0.3 is 5.32 Å². The average molecular weight is 174 g/mol. The van der Waals surface area contributed by atoms with E-state index in [9.17, 15) is 0 Å². The molecule has 0 amide bonds. The molecule has 2 aliphatic heterocycles. The topological polar surface area (TPSA) is 37.8 Å². The monoisotopic (exact) mass is 174 g/mol. The number of piperidine rings is 2. The molecule has 1 aromatic rings. The van der Waals surface area contributed by atoms with Gasteiger partial charge >= 0.3 is 0 Å². The largest absolute Gasteiger partial charge is 0.316 e. The summed E-state index contributed by atoms with van der Waals surface area (Å²) in [5, 5.41) is 3.45. The fourth-order valence-corrected chi connectivity index (χ4v) is 2.71. The van der Waals surface area contributed by atoms with Crippen LogP contribution in [0.25, 0.3) is 0 Å². The summed E-state index contributed by atoms with van der Waals surface area (Å²) < 4.78 is 0. The van der Waals surface area contributed by atoms with Crippen molar-refractivity contribution in [1.29, 1.82) is 0 Å². The van der Waals surface area contributed by atoms with E-state index in [-0.39, 0.29) is 0 Å². The Kier molecular flexibility index (Phi) is 1.44. The predicted octanol–water partition coefficient (Wildman–Crippen LogP) is 0.528. The summed E-state index contributed by atoms with van der Waals surface area (Å²) in [4.78, 5) is 8.07. The van der Waals surface area contributed by atoms with Crippen LogP contribution in [0.4, 0.5) is 0 Å². The second kappa shape index (κ2) is 2.51. The lowest BCUT2D eigenvalue weighted by molar-refractivity contribution is 0.0860. The second-order valence-electron chi connectivity index (χ2n) is 4.23. The Morgan fingerprint density at radius 1 is 1.54 bits per heavy atom. The smallest absolute Gasteiger partial charge is 0.197 e. The standard InChI is InChI=1S/C10H12N3/c1-2-11-7-13-9(1)10-3-8(4-10)5-12-6-10/h1-2,8,12H,3-6H2.